The normalized spacial score (nSPS) is 12.9. The first-order valence-electron chi connectivity index (χ1n) is 6.93. The van der Waals surface area contributed by atoms with Gasteiger partial charge in [-0.2, -0.15) is 0 Å². The number of rotatable bonds is 12. The third-order valence-corrected chi connectivity index (χ3v) is 2.82. The van der Waals surface area contributed by atoms with Crippen molar-refractivity contribution in [3.8, 4) is 0 Å². The van der Waals surface area contributed by atoms with Gasteiger partial charge in [-0.25, -0.2) is 0 Å². The van der Waals surface area contributed by atoms with Crippen LogP contribution in [0.2, 0.25) is 0 Å². The van der Waals surface area contributed by atoms with Crippen LogP contribution in [-0.4, -0.2) is 25.7 Å². The van der Waals surface area contributed by atoms with Gasteiger partial charge in [0.1, 0.15) is 0 Å². The Labute approximate surface area is 101 Å². The Morgan fingerprint density at radius 1 is 0.875 bits per heavy atom. The molecule has 0 radical (unpaired) electrons. The molecule has 3 heteroatoms. The monoisotopic (exact) mass is 229 g/mol. The maximum Gasteiger partial charge on any atom is 0.00104 e. The Morgan fingerprint density at radius 2 is 1.44 bits per heavy atom. The molecule has 0 aliphatic carbocycles. The summed E-state index contributed by atoms with van der Waals surface area (Å²) in [5.41, 5.74) is 11.1. The predicted octanol–water partition coefficient (Wildman–Crippen LogP) is 2.00. The highest BCUT2D eigenvalue weighted by molar-refractivity contribution is 4.55. The molecule has 0 saturated carbocycles. The van der Waals surface area contributed by atoms with Crippen molar-refractivity contribution >= 4 is 0 Å². The van der Waals surface area contributed by atoms with Crippen molar-refractivity contribution in [1.29, 1.82) is 0 Å². The van der Waals surface area contributed by atoms with Crippen molar-refractivity contribution in [3.05, 3.63) is 0 Å². The van der Waals surface area contributed by atoms with Crippen molar-refractivity contribution in [2.75, 3.05) is 19.6 Å². The quantitative estimate of drug-likeness (QED) is 0.449. The van der Waals surface area contributed by atoms with Gasteiger partial charge in [0, 0.05) is 6.04 Å². The summed E-state index contributed by atoms with van der Waals surface area (Å²) in [7, 11) is 0. The molecule has 0 fully saturated rings. The van der Waals surface area contributed by atoms with Gasteiger partial charge in [0.2, 0.25) is 0 Å². The fourth-order valence-electron chi connectivity index (χ4n) is 1.77. The van der Waals surface area contributed by atoms with Crippen molar-refractivity contribution < 1.29 is 0 Å². The van der Waals surface area contributed by atoms with Crippen LogP contribution >= 0.6 is 0 Å². The van der Waals surface area contributed by atoms with E-state index in [9.17, 15) is 0 Å². The van der Waals surface area contributed by atoms with Gasteiger partial charge in [-0.3, -0.25) is 0 Å². The molecule has 0 heterocycles. The van der Waals surface area contributed by atoms with Crippen LogP contribution in [0.3, 0.4) is 0 Å². The Bertz CT molecular complexity index is 126. The molecule has 0 rings (SSSR count). The zero-order valence-corrected chi connectivity index (χ0v) is 11.0. The summed E-state index contributed by atoms with van der Waals surface area (Å²) in [6.07, 6.45) is 10.1. The van der Waals surface area contributed by atoms with Crippen molar-refractivity contribution in [1.82, 2.24) is 5.32 Å². The van der Waals surface area contributed by atoms with E-state index in [1.54, 1.807) is 0 Å². The van der Waals surface area contributed by atoms with E-state index in [1.807, 2.05) is 0 Å². The zero-order chi connectivity index (χ0) is 12.1. The minimum absolute atomic E-state index is 0.371. The van der Waals surface area contributed by atoms with Gasteiger partial charge in [-0.15, -0.1) is 0 Å². The van der Waals surface area contributed by atoms with Crippen molar-refractivity contribution in [3.63, 3.8) is 0 Å². The van der Waals surface area contributed by atoms with Crippen LogP contribution in [0.4, 0.5) is 0 Å². The molecule has 98 valence electrons. The fourth-order valence-corrected chi connectivity index (χ4v) is 1.77. The van der Waals surface area contributed by atoms with E-state index in [2.05, 4.69) is 12.2 Å². The molecule has 0 aromatic rings. The average molecular weight is 229 g/mol. The van der Waals surface area contributed by atoms with E-state index in [0.717, 1.165) is 19.6 Å². The molecule has 0 aliphatic rings. The minimum Gasteiger partial charge on any atom is -0.330 e. The highest BCUT2D eigenvalue weighted by Gasteiger charge is 1.94. The average Bonchev–Trinajstić information content (AvgIpc) is 2.25. The van der Waals surface area contributed by atoms with Gasteiger partial charge < -0.3 is 16.8 Å². The lowest BCUT2D eigenvalue weighted by atomic mass is 10.1. The molecule has 0 amide bonds. The Hall–Kier alpha value is -0.120. The second-order valence-corrected chi connectivity index (χ2v) is 4.78. The summed E-state index contributed by atoms with van der Waals surface area (Å²) < 4.78 is 0. The standard InChI is InChI=1S/C13H31N3/c1-13(15)9-5-4-8-12-16-11-7-3-2-6-10-14/h13,16H,2-12,14-15H2,1H3. The topological polar surface area (TPSA) is 64.1 Å². The van der Waals surface area contributed by atoms with Gasteiger partial charge in [0.25, 0.3) is 0 Å². The molecule has 1 unspecified atom stereocenters. The SMILES string of the molecule is CC(N)CCCCCNCCCCCCN. The molecule has 0 aliphatic heterocycles. The van der Waals surface area contributed by atoms with Gasteiger partial charge >= 0.3 is 0 Å². The van der Waals surface area contributed by atoms with Gasteiger partial charge in [0.05, 0.1) is 0 Å². The second kappa shape index (κ2) is 12.9. The fraction of sp³-hybridized carbons (Fsp3) is 1.00. The summed E-state index contributed by atoms with van der Waals surface area (Å²) in [6.45, 7) is 5.25. The molecule has 0 bridgehead atoms. The molecule has 0 aromatic carbocycles. The second-order valence-electron chi connectivity index (χ2n) is 4.78. The highest BCUT2D eigenvalue weighted by Crippen LogP contribution is 2.01. The van der Waals surface area contributed by atoms with Crippen LogP contribution in [0.1, 0.15) is 58.3 Å². The van der Waals surface area contributed by atoms with E-state index in [4.69, 9.17) is 11.5 Å². The van der Waals surface area contributed by atoms with E-state index < -0.39 is 0 Å². The molecule has 0 spiro atoms. The number of nitrogens with two attached hydrogens (primary N) is 2. The van der Waals surface area contributed by atoms with Crippen molar-refractivity contribution in [2.45, 2.75) is 64.3 Å². The molecule has 0 saturated heterocycles. The number of nitrogens with one attached hydrogen (secondary N) is 1. The van der Waals surface area contributed by atoms with E-state index in [-0.39, 0.29) is 0 Å². The number of unbranched alkanes of at least 4 members (excludes halogenated alkanes) is 5. The molecular formula is C13H31N3. The first-order chi connectivity index (χ1) is 7.77. The molecule has 1 atom stereocenters. The lowest BCUT2D eigenvalue weighted by Crippen LogP contribution is -2.17. The lowest BCUT2D eigenvalue weighted by molar-refractivity contribution is 0.540. The van der Waals surface area contributed by atoms with E-state index in [0.29, 0.717) is 6.04 Å². The van der Waals surface area contributed by atoms with Gasteiger partial charge in [0.15, 0.2) is 0 Å². The van der Waals surface area contributed by atoms with E-state index >= 15 is 0 Å². The summed E-state index contributed by atoms with van der Waals surface area (Å²) in [5, 5.41) is 3.49. The number of hydrogen-bond donors (Lipinski definition) is 3. The Kier molecular flexibility index (Phi) is 12.9. The van der Waals surface area contributed by atoms with Crippen LogP contribution in [0.15, 0.2) is 0 Å². The summed E-state index contributed by atoms with van der Waals surface area (Å²) in [5.74, 6) is 0. The first kappa shape index (κ1) is 15.9. The van der Waals surface area contributed by atoms with Crippen LogP contribution in [0.25, 0.3) is 0 Å². The zero-order valence-electron chi connectivity index (χ0n) is 11.0. The van der Waals surface area contributed by atoms with Crippen LogP contribution in [0.5, 0.6) is 0 Å². The van der Waals surface area contributed by atoms with Gasteiger partial charge in [-0.1, -0.05) is 25.7 Å². The van der Waals surface area contributed by atoms with Crippen LogP contribution in [0, 0.1) is 0 Å². The van der Waals surface area contributed by atoms with Crippen LogP contribution in [-0.2, 0) is 0 Å². The van der Waals surface area contributed by atoms with E-state index in [1.165, 1.54) is 51.4 Å². The van der Waals surface area contributed by atoms with Crippen LogP contribution < -0.4 is 16.8 Å². The molecule has 5 N–H and O–H groups in total. The Morgan fingerprint density at radius 3 is 2.00 bits per heavy atom. The highest BCUT2D eigenvalue weighted by atomic mass is 14.8. The molecule has 0 aromatic heterocycles. The summed E-state index contributed by atoms with van der Waals surface area (Å²) in [4.78, 5) is 0. The minimum atomic E-state index is 0.371. The first-order valence-corrected chi connectivity index (χ1v) is 6.93. The maximum absolute atomic E-state index is 5.69. The molecule has 16 heavy (non-hydrogen) atoms. The van der Waals surface area contributed by atoms with Crippen molar-refractivity contribution in [2.24, 2.45) is 11.5 Å². The molecular weight excluding hydrogens is 198 g/mol. The maximum atomic E-state index is 5.69. The summed E-state index contributed by atoms with van der Waals surface area (Å²) in [6, 6.07) is 0.371. The Balaban J connectivity index is 2.88. The third kappa shape index (κ3) is 13.9. The number of hydrogen-bond acceptors (Lipinski definition) is 3. The molecule has 3 nitrogen and oxygen atoms in total. The summed E-state index contributed by atoms with van der Waals surface area (Å²) >= 11 is 0. The lowest BCUT2D eigenvalue weighted by Gasteiger charge is -2.06. The predicted molar refractivity (Wildman–Crippen MR) is 72.5 cm³/mol. The smallest absolute Gasteiger partial charge is 0.00104 e. The van der Waals surface area contributed by atoms with Gasteiger partial charge in [-0.05, 0) is 52.2 Å². The largest absolute Gasteiger partial charge is 0.330 e. The third-order valence-electron chi connectivity index (χ3n) is 2.82.